The van der Waals surface area contributed by atoms with Crippen LogP contribution in [0.1, 0.15) is 79.6 Å². The maximum Gasteiger partial charge on any atom is 0.309 e. The van der Waals surface area contributed by atoms with Crippen molar-refractivity contribution in [1.29, 1.82) is 0 Å². The summed E-state index contributed by atoms with van der Waals surface area (Å²) in [6.07, 6.45) is -0.746. The van der Waals surface area contributed by atoms with Gasteiger partial charge in [0.15, 0.2) is 0 Å². The second-order valence-electron chi connectivity index (χ2n) is 12.0. The van der Waals surface area contributed by atoms with Crippen molar-refractivity contribution in [3.8, 4) is 0 Å². The number of esters is 2. The fourth-order valence-corrected chi connectivity index (χ4v) is 6.05. The number of aliphatic carboxylic acids is 1. The molecule has 0 bridgehead atoms. The molecule has 1 unspecified atom stereocenters. The zero-order valence-electron chi connectivity index (χ0n) is 23.1. The van der Waals surface area contributed by atoms with Crippen molar-refractivity contribution in [2.24, 2.45) is 17.3 Å². The summed E-state index contributed by atoms with van der Waals surface area (Å²) in [6.45, 7) is 11.8. The van der Waals surface area contributed by atoms with Gasteiger partial charge in [0, 0.05) is 18.3 Å². The van der Waals surface area contributed by atoms with Crippen LogP contribution in [0.15, 0.2) is 23.8 Å². The molecule has 1 fully saturated rings. The van der Waals surface area contributed by atoms with E-state index >= 15 is 0 Å². The molecule has 10 nitrogen and oxygen atoms in total. The molecule has 0 aromatic rings. The summed E-state index contributed by atoms with van der Waals surface area (Å²) in [5, 5.41) is 52.2. The lowest BCUT2D eigenvalue weighted by Gasteiger charge is -2.43. The van der Waals surface area contributed by atoms with Crippen LogP contribution in [0, 0.1) is 17.3 Å². The Morgan fingerprint density at radius 3 is 2.32 bits per heavy atom. The average Bonchev–Trinajstić information content (AvgIpc) is 3.09. The lowest BCUT2D eigenvalue weighted by atomic mass is 9.67. The van der Waals surface area contributed by atoms with E-state index in [1.54, 1.807) is 6.08 Å². The highest BCUT2D eigenvalue weighted by Gasteiger charge is 2.54. The van der Waals surface area contributed by atoms with Crippen LogP contribution in [0.25, 0.3) is 0 Å². The van der Waals surface area contributed by atoms with Crippen LogP contribution in [0.4, 0.5) is 0 Å². The van der Waals surface area contributed by atoms with Gasteiger partial charge in [-0.25, -0.2) is 0 Å². The summed E-state index contributed by atoms with van der Waals surface area (Å²) in [7, 11) is 0. The third kappa shape index (κ3) is 8.11. The van der Waals surface area contributed by atoms with Gasteiger partial charge >= 0.3 is 17.9 Å². The summed E-state index contributed by atoms with van der Waals surface area (Å²) in [6, 6.07) is 0. The van der Waals surface area contributed by atoms with Crippen LogP contribution in [0.3, 0.4) is 0 Å². The number of carbonyl (C=O) groups is 3. The van der Waals surface area contributed by atoms with Gasteiger partial charge in [-0.1, -0.05) is 19.6 Å². The first-order valence-corrected chi connectivity index (χ1v) is 13.1. The summed E-state index contributed by atoms with van der Waals surface area (Å²) >= 11 is 0. The average molecular weight is 541 g/mol. The van der Waals surface area contributed by atoms with Crippen molar-refractivity contribution < 1.29 is 49.4 Å². The summed E-state index contributed by atoms with van der Waals surface area (Å²) in [5.74, 6) is -2.95. The van der Waals surface area contributed by atoms with Gasteiger partial charge in [0.1, 0.15) is 12.2 Å². The summed E-state index contributed by atoms with van der Waals surface area (Å²) in [5.41, 5.74) is -2.57. The Labute approximate surface area is 224 Å². The van der Waals surface area contributed by atoms with Gasteiger partial charge in [-0.3, -0.25) is 14.4 Å². The Morgan fingerprint density at radius 2 is 1.74 bits per heavy atom. The Hall–Kier alpha value is -2.27. The van der Waals surface area contributed by atoms with Crippen LogP contribution < -0.4 is 0 Å². The zero-order valence-corrected chi connectivity index (χ0v) is 23.1. The molecule has 0 aromatic heterocycles. The van der Waals surface area contributed by atoms with Crippen molar-refractivity contribution in [3.63, 3.8) is 0 Å². The van der Waals surface area contributed by atoms with Gasteiger partial charge < -0.3 is 35.0 Å². The van der Waals surface area contributed by atoms with Crippen LogP contribution in [-0.2, 0) is 23.9 Å². The summed E-state index contributed by atoms with van der Waals surface area (Å²) in [4.78, 5) is 35.0. The summed E-state index contributed by atoms with van der Waals surface area (Å²) < 4.78 is 10.9. The number of aliphatic hydroxyl groups is 4. The maximum absolute atomic E-state index is 12.3. The molecule has 0 aliphatic heterocycles. The minimum atomic E-state index is -1.77. The van der Waals surface area contributed by atoms with E-state index in [9.17, 15) is 34.8 Å². The second-order valence-corrected chi connectivity index (χ2v) is 12.0. The van der Waals surface area contributed by atoms with Crippen molar-refractivity contribution in [2.45, 2.75) is 109 Å². The number of ether oxygens (including phenoxy) is 2. The molecule has 10 heteroatoms. The fraction of sp³-hybridized carbons (Fsp3) is 0.750. The number of hydrogen-bond acceptors (Lipinski definition) is 9. The number of carboxylic acids is 1. The third-order valence-corrected chi connectivity index (χ3v) is 8.24. The minimum Gasteiger partial charge on any atom is -0.481 e. The van der Waals surface area contributed by atoms with Gasteiger partial charge in [0.25, 0.3) is 0 Å². The topological polar surface area (TPSA) is 171 Å². The molecule has 0 amide bonds. The highest BCUT2D eigenvalue weighted by molar-refractivity contribution is 5.74. The van der Waals surface area contributed by atoms with E-state index in [4.69, 9.17) is 14.6 Å². The highest BCUT2D eigenvalue weighted by Crippen LogP contribution is 2.56. The number of fused-ring (bicyclic) bond motifs is 1. The number of carboxylic acid groups (broad SMARTS) is 1. The molecule has 2 aliphatic rings. The van der Waals surface area contributed by atoms with Crippen molar-refractivity contribution >= 4 is 17.9 Å². The van der Waals surface area contributed by atoms with Crippen LogP contribution in [-0.4, -0.2) is 79.6 Å². The zero-order chi connectivity index (χ0) is 29.1. The first-order valence-electron chi connectivity index (χ1n) is 13.1. The van der Waals surface area contributed by atoms with Gasteiger partial charge in [-0.15, -0.1) is 0 Å². The van der Waals surface area contributed by atoms with Crippen LogP contribution in [0.5, 0.6) is 0 Å². The number of aliphatic hydroxyl groups excluding tert-OH is 3. The Kier molecular flexibility index (Phi) is 10.3. The molecule has 0 saturated heterocycles. The SMILES string of the molecule is C=C1[C@@H](O)CC/C(COC(=O)CC(C)(O)CC(=O)O)=C\[C@H](O)[C@@]2(C)CC[C@@H](C(C)(C)OC(C)=O)[C@@H]2C[C@@H]1O. The van der Waals surface area contributed by atoms with Crippen LogP contribution >= 0.6 is 0 Å². The molecule has 38 heavy (non-hydrogen) atoms. The largest absolute Gasteiger partial charge is 0.481 e. The van der Waals surface area contributed by atoms with E-state index < -0.39 is 65.7 Å². The van der Waals surface area contributed by atoms with Crippen molar-refractivity contribution in [1.82, 2.24) is 0 Å². The Balaban J connectivity index is 2.34. The fourth-order valence-electron chi connectivity index (χ4n) is 6.05. The van der Waals surface area contributed by atoms with Gasteiger partial charge in [0.2, 0.25) is 0 Å². The predicted molar refractivity (Wildman–Crippen MR) is 138 cm³/mol. The first kappa shape index (κ1) is 31.9. The standard InChI is InChI=1S/C28H44O10/c1-16-21(30)8-7-18(15-37-25(35)14-27(5,36)13-24(33)34)11-23(32)28(6)10-9-19(20(28)12-22(16)31)26(3,4)38-17(2)29/h11,19-23,30-32,36H,1,7-10,12-15H2,2-6H3,(H,33,34)/b18-11+/t19-,20+,21+,22+,23+,27?,28+/m1/s1. The van der Waals surface area contributed by atoms with E-state index in [1.165, 1.54) is 13.8 Å². The minimum absolute atomic E-state index is 0.173. The van der Waals surface area contributed by atoms with E-state index in [0.29, 0.717) is 18.4 Å². The van der Waals surface area contributed by atoms with Crippen LogP contribution in [0.2, 0.25) is 0 Å². The quantitative estimate of drug-likeness (QED) is 0.227. The monoisotopic (exact) mass is 540 g/mol. The van der Waals surface area contributed by atoms with E-state index in [-0.39, 0.29) is 43.3 Å². The molecule has 0 radical (unpaired) electrons. The Bertz CT molecular complexity index is 936. The second kappa shape index (κ2) is 12.3. The molecule has 0 aromatic carbocycles. The normalized spacial score (nSPS) is 33.7. The van der Waals surface area contributed by atoms with E-state index in [0.717, 1.165) is 0 Å². The smallest absolute Gasteiger partial charge is 0.309 e. The maximum atomic E-state index is 12.3. The Morgan fingerprint density at radius 1 is 1.11 bits per heavy atom. The van der Waals surface area contributed by atoms with E-state index in [2.05, 4.69) is 6.58 Å². The lowest BCUT2D eigenvalue weighted by Crippen LogP contribution is -2.45. The highest BCUT2D eigenvalue weighted by atomic mass is 16.6. The molecule has 0 heterocycles. The first-order chi connectivity index (χ1) is 17.4. The molecular weight excluding hydrogens is 496 g/mol. The lowest BCUT2D eigenvalue weighted by molar-refractivity contribution is -0.162. The molecule has 0 spiro atoms. The molecule has 7 atom stereocenters. The van der Waals surface area contributed by atoms with Crippen molar-refractivity contribution in [2.75, 3.05) is 6.61 Å². The number of hydrogen-bond donors (Lipinski definition) is 5. The predicted octanol–water partition coefficient (Wildman–Crippen LogP) is 2.27. The van der Waals surface area contributed by atoms with Gasteiger partial charge in [-0.2, -0.15) is 0 Å². The molecule has 5 N–H and O–H groups in total. The molecular formula is C28H44O10. The number of rotatable bonds is 8. The molecule has 216 valence electrons. The van der Waals surface area contributed by atoms with Gasteiger partial charge in [0.05, 0.1) is 36.8 Å². The number of carbonyl (C=O) groups excluding carboxylic acids is 2. The van der Waals surface area contributed by atoms with Gasteiger partial charge in [-0.05, 0) is 69.9 Å². The van der Waals surface area contributed by atoms with Crippen molar-refractivity contribution in [3.05, 3.63) is 23.8 Å². The van der Waals surface area contributed by atoms with E-state index in [1.807, 2.05) is 20.8 Å². The molecule has 2 rings (SSSR count). The third-order valence-electron chi connectivity index (χ3n) is 8.24. The molecule has 1 saturated carbocycles. The molecule has 2 aliphatic carbocycles.